The summed E-state index contributed by atoms with van der Waals surface area (Å²) < 4.78 is 1.38. The summed E-state index contributed by atoms with van der Waals surface area (Å²) >= 11 is 0. The Morgan fingerprint density at radius 1 is 1.18 bits per heavy atom. The Labute approximate surface area is 161 Å². The number of nitrogens with zero attached hydrogens (tertiary/aromatic N) is 3. The molecule has 0 unspecified atom stereocenters. The molecular formula is C21H19N5O2. The number of fused-ring (bicyclic) bond motifs is 1. The van der Waals surface area contributed by atoms with E-state index >= 15 is 0 Å². The summed E-state index contributed by atoms with van der Waals surface area (Å²) in [4.78, 5) is 33.1. The molecule has 0 atom stereocenters. The van der Waals surface area contributed by atoms with Gasteiger partial charge in [0.15, 0.2) is 5.65 Å². The van der Waals surface area contributed by atoms with Gasteiger partial charge in [-0.2, -0.15) is 0 Å². The number of hydrogen-bond acceptors (Lipinski definition) is 4. The van der Waals surface area contributed by atoms with Crippen LogP contribution >= 0.6 is 0 Å². The highest BCUT2D eigenvalue weighted by atomic mass is 16.1. The molecule has 1 aromatic carbocycles. The van der Waals surface area contributed by atoms with Gasteiger partial charge in [-0.15, -0.1) is 0 Å². The highest BCUT2D eigenvalue weighted by Gasteiger charge is 2.09. The van der Waals surface area contributed by atoms with E-state index in [4.69, 9.17) is 0 Å². The van der Waals surface area contributed by atoms with Crippen LogP contribution in [0.15, 0.2) is 65.7 Å². The Balaban J connectivity index is 1.50. The lowest BCUT2D eigenvalue weighted by Gasteiger charge is -2.06. The Morgan fingerprint density at radius 3 is 2.86 bits per heavy atom. The van der Waals surface area contributed by atoms with E-state index < -0.39 is 0 Å². The summed E-state index contributed by atoms with van der Waals surface area (Å²) in [6.07, 6.45) is 3.69. The Bertz CT molecular complexity index is 1190. The topological polar surface area (TPSA) is 92.2 Å². The van der Waals surface area contributed by atoms with Crippen molar-refractivity contribution in [2.75, 3.05) is 0 Å². The van der Waals surface area contributed by atoms with Gasteiger partial charge in [0.2, 0.25) is 5.91 Å². The zero-order chi connectivity index (χ0) is 19.5. The Morgan fingerprint density at radius 2 is 2.07 bits per heavy atom. The molecule has 140 valence electrons. The minimum Gasteiger partial charge on any atom is -0.350 e. The molecule has 0 radical (unpaired) electrons. The minimum atomic E-state index is -0.233. The van der Waals surface area contributed by atoms with E-state index in [-0.39, 0.29) is 24.4 Å². The number of carbonyl (C=O) groups excluding carboxylic acids is 1. The third-order valence-electron chi connectivity index (χ3n) is 4.39. The molecule has 2 N–H and O–H groups in total. The van der Waals surface area contributed by atoms with Crippen LogP contribution in [0.2, 0.25) is 0 Å². The number of rotatable bonds is 5. The molecule has 28 heavy (non-hydrogen) atoms. The average molecular weight is 373 g/mol. The minimum absolute atomic E-state index is 0.113. The molecule has 0 aliphatic rings. The second-order valence-corrected chi connectivity index (χ2v) is 6.63. The maximum Gasteiger partial charge on any atom is 0.272 e. The SMILES string of the molecule is Cc1cccc(CC(=O)NCc2cc(=O)n3[nH]c(-c4cccnc4)cc3n2)c1. The fourth-order valence-corrected chi connectivity index (χ4v) is 3.06. The number of benzene rings is 1. The van der Waals surface area contributed by atoms with Crippen LogP contribution < -0.4 is 10.9 Å². The van der Waals surface area contributed by atoms with Gasteiger partial charge in [0.25, 0.3) is 5.56 Å². The number of nitrogens with one attached hydrogen (secondary N) is 2. The average Bonchev–Trinajstić information content (AvgIpc) is 3.12. The zero-order valence-electron chi connectivity index (χ0n) is 15.3. The van der Waals surface area contributed by atoms with Gasteiger partial charge in [0, 0.05) is 30.1 Å². The van der Waals surface area contributed by atoms with E-state index in [1.54, 1.807) is 18.5 Å². The summed E-state index contributed by atoms with van der Waals surface area (Å²) in [5.41, 5.74) is 4.45. The second-order valence-electron chi connectivity index (χ2n) is 6.63. The highest BCUT2D eigenvalue weighted by molar-refractivity contribution is 5.78. The zero-order valence-corrected chi connectivity index (χ0v) is 15.3. The summed E-state index contributed by atoms with van der Waals surface area (Å²) in [6, 6.07) is 14.8. The molecule has 0 fully saturated rings. The van der Waals surface area contributed by atoms with Gasteiger partial charge in [-0.1, -0.05) is 29.8 Å². The van der Waals surface area contributed by atoms with Crippen molar-refractivity contribution in [2.45, 2.75) is 19.9 Å². The van der Waals surface area contributed by atoms with Crippen molar-refractivity contribution in [2.24, 2.45) is 0 Å². The molecule has 0 spiro atoms. The van der Waals surface area contributed by atoms with Gasteiger partial charge in [-0.3, -0.25) is 19.7 Å². The number of hydrogen-bond donors (Lipinski definition) is 2. The first-order chi connectivity index (χ1) is 13.6. The summed E-state index contributed by atoms with van der Waals surface area (Å²) in [5.74, 6) is -0.113. The molecule has 3 aromatic heterocycles. The van der Waals surface area contributed by atoms with E-state index in [1.165, 1.54) is 10.6 Å². The van der Waals surface area contributed by atoms with Crippen LogP contribution in [0.3, 0.4) is 0 Å². The molecule has 0 aliphatic carbocycles. The van der Waals surface area contributed by atoms with E-state index in [0.717, 1.165) is 22.4 Å². The van der Waals surface area contributed by atoms with Crippen molar-refractivity contribution in [1.29, 1.82) is 0 Å². The van der Waals surface area contributed by atoms with Crippen molar-refractivity contribution in [1.82, 2.24) is 24.9 Å². The number of aromatic nitrogens is 4. The lowest BCUT2D eigenvalue weighted by molar-refractivity contribution is -0.120. The number of aromatic amines is 1. The van der Waals surface area contributed by atoms with Gasteiger partial charge < -0.3 is 5.32 Å². The van der Waals surface area contributed by atoms with E-state index in [1.807, 2.05) is 43.3 Å². The third-order valence-corrected chi connectivity index (χ3v) is 4.39. The van der Waals surface area contributed by atoms with Gasteiger partial charge in [0.05, 0.1) is 24.4 Å². The fourth-order valence-electron chi connectivity index (χ4n) is 3.06. The summed E-state index contributed by atoms with van der Waals surface area (Å²) in [7, 11) is 0. The van der Waals surface area contributed by atoms with Crippen LogP contribution in [0.1, 0.15) is 16.8 Å². The third kappa shape index (κ3) is 3.83. The van der Waals surface area contributed by atoms with Gasteiger partial charge in [-0.25, -0.2) is 9.50 Å². The quantitative estimate of drug-likeness (QED) is 0.561. The van der Waals surface area contributed by atoms with Gasteiger partial charge in [-0.05, 0) is 24.6 Å². The first-order valence-electron chi connectivity index (χ1n) is 8.93. The fraction of sp³-hybridized carbons (Fsp3) is 0.143. The van der Waals surface area contributed by atoms with Gasteiger partial charge in [0.1, 0.15) is 0 Å². The molecule has 3 heterocycles. The predicted molar refractivity (Wildman–Crippen MR) is 106 cm³/mol. The van der Waals surface area contributed by atoms with Crippen LogP contribution in [0.25, 0.3) is 16.9 Å². The lowest BCUT2D eigenvalue weighted by Crippen LogP contribution is -2.26. The maximum absolute atomic E-state index is 12.4. The molecule has 0 saturated carbocycles. The Hall–Kier alpha value is -3.74. The predicted octanol–water partition coefficient (Wildman–Crippen LogP) is 2.25. The van der Waals surface area contributed by atoms with Crippen molar-refractivity contribution < 1.29 is 4.79 Å². The van der Waals surface area contributed by atoms with Crippen molar-refractivity contribution >= 4 is 11.6 Å². The van der Waals surface area contributed by atoms with Crippen LogP contribution in [-0.2, 0) is 17.8 Å². The first-order valence-corrected chi connectivity index (χ1v) is 8.93. The van der Waals surface area contributed by atoms with Crippen LogP contribution in [0.4, 0.5) is 0 Å². The molecule has 4 rings (SSSR count). The molecule has 1 amide bonds. The number of H-pyrrole nitrogens is 1. The number of amides is 1. The molecule has 0 bridgehead atoms. The van der Waals surface area contributed by atoms with E-state index in [0.29, 0.717) is 11.3 Å². The summed E-state index contributed by atoms with van der Waals surface area (Å²) in [5, 5.41) is 5.85. The van der Waals surface area contributed by atoms with Gasteiger partial charge >= 0.3 is 0 Å². The number of aryl methyl sites for hydroxylation is 1. The lowest BCUT2D eigenvalue weighted by atomic mass is 10.1. The Kier molecular flexibility index (Phi) is 4.72. The van der Waals surface area contributed by atoms with Crippen LogP contribution in [-0.4, -0.2) is 25.5 Å². The maximum atomic E-state index is 12.4. The van der Waals surface area contributed by atoms with Crippen LogP contribution in [0, 0.1) is 6.92 Å². The van der Waals surface area contributed by atoms with Crippen molar-refractivity contribution in [3.05, 3.63) is 88.1 Å². The molecule has 0 aliphatic heterocycles. The highest BCUT2D eigenvalue weighted by Crippen LogP contribution is 2.16. The smallest absolute Gasteiger partial charge is 0.272 e. The molecule has 7 heteroatoms. The molecular weight excluding hydrogens is 354 g/mol. The first kappa shape index (κ1) is 17.7. The normalized spacial score (nSPS) is 10.9. The molecule has 7 nitrogen and oxygen atoms in total. The standard InChI is InChI=1S/C21H19N5O2/c1-14-4-2-5-15(8-14)9-20(27)23-13-17-10-21(28)26-19(24-17)11-18(25-26)16-6-3-7-22-12-16/h2-8,10-12,25H,9,13H2,1H3,(H,23,27). The van der Waals surface area contributed by atoms with E-state index in [9.17, 15) is 9.59 Å². The van der Waals surface area contributed by atoms with Crippen molar-refractivity contribution in [3.8, 4) is 11.3 Å². The number of pyridine rings is 1. The summed E-state index contributed by atoms with van der Waals surface area (Å²) in [6.45, 7) is 2.19. The van der Waals surface area contributed by atoms with E-state index in [2.05, 4.69) is 20.4 Å². The second kappa shape index (κ2) is 7.48. The largest absolute Gasteiger partial charge is 0.350 e. The van der Waals surface area contributed by atoms with Crippen molar-refractivity contribution in [3.63, 3.8) is 0 Å². The van der Waals surface area contributed by atoms with Crippen LogP contribution in [0.5, 0.6) is 0 Å². The molecule has 0 saturated heterocycles. The molecule has 4 aromatic rings. The monoisotopic (exact) mass is 373 g/mol. The number of carbonyl (C=O) groups is 1.